The average molecular weight is 416 g/mol. The second kappa shape index (κ2) is 7.06. The Morgan fingerprint density at radius 3 is 2.20 bits per heavy atom. The smallest absolute Gasteiger partial charge is 0.257 e. The van der Waals surface area contributed by atoms with Gasteiger partial charge in [0.05, 0.1) is 0 Å². The van der Waals surface area contributed by atoms with Crippen LogP contribution in [0.5, 0.6) is 0 Å². The normalized spacial score (nSPS) is 10.8. The van der Waals surface area contributed by atoms with Crippen molar-refractivity contribution in [3.05, 3.63) is 62.6 Å². The topological polar surface area (TPSA) is 54.9 Å². The Bertz CT molecular complexity index is 922. The standard InChI is InChI=1S/C19H18BrN3OS/c1-10-9-11(2)13(4)16(12(10)3)18-22-23-19(25-18)21-17(24)14-5-7-15(20)8-6-14/h5-9H,1-4H3,(H,21,23,24). The molecule has 0 saturated heterocycles. The molecule has 128 valence electrons. The van der Waals surface area contributed by atoms with Crippen LogP contribution in [-0.2, 0) is 0 Å². The quantitative estimate of drug-likeness (QED) is 0.618. The van der Waals surface area contributed by atoms with Crippen molar-refractivity contribution in [3.63, 3.8) is 0 Å². The van der Waals surface area contributed by atoms with Gasteiger partial charge in [0.15, 0.2) is 0 Å². The number of nitrogens with zero attached hydrogens (tertiary/aromatic N) is 2. The van der Waals surface area contributed by atoms with E-state index in [9.17, 15) is 4.79 Å². The molecule has 0 radical (unpaired) electrons. The van der Waals surface area contributed by atoms with E-state index in [0.29, 0.717) is 10.7 Å². The molecule has 0 aliphatic carbocycles. The molecule has 0 aliphatic heterocycles. The molecule has 1 amide bonds. The van der Waals surface area contributed by atoms with E-state index >= 15 is 0 Å². The van der Waals surface area contributed by atoms with Gasteiger partial charge < -0.3 is 0 Å². The van der Waals surface area contributed by atoms with Crippen molar-refractivity contribution in [2.24, 2.45) is 0 Å². The molecule has 1 heterocycles. The predicted molar refractivity (Wildman–Crippen MR) is 106 cm³/mol. The number of benzene rings is 2. The molecule has 0 fully saturated rings. The van der Waals surface area contributed by atoms with Crippen molar-refractivity contribution in [1.29, 1.82) is 0 Å². The minimum absolute atomic E-state index is 0.191. The van der Waals surface area contributed by atoms with Crippen LogP contribution in [0.3, 0.4) is 0 Å². The summed E-state index contributed by atoms with van der Waals surface area (Å²) in [7, 11) is 0. The third-order valence-corrected chi connectivity index (χ3v) is 5.72. The zero-order valence-corrected chi connectivity index (χ0v) is 16.9. The summed E-state index contributed by atoms with van der Waals surface area (Å²) in [5, 5.41) is 12.6. The van der Waals surface area contributed by atoms with Gasteiger partial charge in [0.1, 0.15) is 5.01 Å². The number of carbonyl (C=O) groups is 1. The van der Waals surface area contributed by atoms with Crippen molar-refractivity contribution < 1.29 is 4.79 Å². The maximum atomic E-state index is 12.3. The van der Waals surface area contributed by atoms with Crippen molar-refractivity contribution in [3.8, 4) is 10.6 Å². The Kier molecular flexibility index (Phi) is 5.01. The Hall–Kier alpha value is -2.05. The van der Waals surface area contributed by atoms with Crippen molar-refractivity contribution >= 4 is 38.3 Å². The van der Waals surface area contributed by atoms with Gasteiger partial charge in [-0.25, -0.2) is 0 Å². The van der Waals surface area contributed by atoms with E-state index in [4.69, 9.17) is 0 Å². The number of hydrogen-bond donors (Lipinski definition) is 1. The van der Waals surface area contributed by atoms with E-state index in [2.05, 4.69) is 65.2 Å². The van der Waals surface area contributed by atoms with Crippen LogP contribution in [0.15, 0.2) is 34.8 Å². The van der Waals surface area contributed by atoms with Gasteiger partial charge in [0.2, 0.25) is 5.13 Å². The zero-order chi connectivity index (χ0) is 18.1. The Morgan fingerprint density at radius 1 is 1.00 bits per heavy atom. The average Bonchev–Trinajstić information content (AvgIpc) is 3.02. The van der Waals surface area contributed by atoms with Gasteiger partial charge in [-0.05, 0) is 74.2 Å². The van der Waals surface area contributed by atoms with E-state index in [1.54, 1.807) is 12.1 Å². The molecule has 0 spiro atoms. The van der Waals surface area contributed by atoms with E-state index in [1.165, 1.54) is 33.6 Å². The third-order valence-electron chi connectivity index (χ3n) is 4.33. The molecule has 0 atom stereocenters. The molecule has 0 aliphatic rings. The molecule has 6 heteroatoms. The van der Waals surface area contributed by atoms with E-state index in [-0.39, 0.29) is 5.91 Å². The maximum absolute atomic E-state index is 12.3. The first kappa shape index (κ1) is 17.8. The SMILES string of the molecule is Cc1cc(C)c(C)c(-c2nnc(NC(=O)c3ccc(Br)cc3)s2)c1C. The summed E-state index contributed by atoms with van der Waals surface area (Å²) in [4.78, 5) is 12.3. The van der Waals surface area contributed by atoms with Crippen LogP contribution >= 0.6 is 27.3 Å². The van der Waals surface area contributed by atoms with Crippen LogP contribution in [0.2, 0.25) is 0 Å². The number of nitrogens with one attached hydrogen (secondary N) is 1. The highest BCUT2D eigenvalue weighted by Gasteiger charge is 2.16. The van der Waals surface area contributed by atoms with Crippen LogP contribution in [0.25, 0.3) is 10.6 Å². The molecular weight excluding hydrogens is 398 g/mol. The van der Waals surface area contributed by atoms with Crippen molar-refractivity contribution in [1.82, 2.24) is 10.2 Å². The first-order valence-electron chi connectivity index (χ1n) is 7.85. The van der Waals surface area contributed by atoms with E-state index in [1.807, 2.05) is 12.1 Å². The van der Waals surface area contributed by atoms with E-state index < -0.39 is 0 Å². The largest absolute Gasteiger partial charge is 0.296 e. The third kappa shape index (κ3) is 3.65. The van der Waals surface area contributed by atoms with Crippen LogP contribution < -0.4 is 5.32 Å². The molecule has 0 saturated carbocycles. The lowest BCUT2D eigenvalue weighted by atomic mass is 9.95. The lowest BCUT2D eigenvalue weighted by molar-refractivity contribution is 0.102. The summed E-state index contributed by atoms with van der Waals surface area (Å²) < 4.78 is 0.933. The van der Waals surface area contributed by atoms with Gasteiger partial charge in [0, 0.05) is 15.6 Å². The molecular formula is C19H18BrN3OS. The number of amides is 1. The van der Waals surface area contributed by atoms with Crippen LogP contribution in [0.1, 0.15) is 32.6 Å². The predicted octanol–water partition coefficient (Wildman–Crippen LogP) is 5.45. The van der Waals surface area contributed by atoms with Gasteiger partial charge >= 0.3 is 0 Å². The second-order valence-electron chi connectivity index (χ2n) is 6.01. The lowest BCUT2D eigenvalue weighted by Gasteiger charge is -2.12. The molecule has 1 N–H and O–H groups in total. The Morgan fingerprint density at radius 2 is 1.60 bits per heavy atom. The van der Waals surface area contributed by atoms with Gasteiger partial charge in [-0.15, -0.1) is 10.2 Å². The molecule has 3 rings (SSSR count). The van der Waals surface area contributed by atoms with Gasteiger partial charge in [-0.3, -0.25) is 10.1 Å². The Labute approximate surface area is 159 Å². The number of aryl methyl sites for hydroxylation is 2. The number of rotatable bonds is 3. The summed E-state index contributed by atoms with van der Waals surface area (Å²) in [6, 6.07) is 9.38. The second-order valence-corrected chi connectivity index (χ2v) is 7.90. The number of halogens is 1. The summed E-state index contributed by atoms with van der Waals surface area (Å²) in [6.45, 7) is 8.39. The molecule has 4 nitrogen and oxygen atoms in total. The first-order valence-corrected chi connectivity index (χ1v) is 9.46. The molecule has 25 heavy (non-hydrogen) atoms. The number of carbonyl (C=O) groups excluding carboxylic acids is 1. The van der Waals surface area contributed by atoms with Gasteiger partial charge in [0.25, 0.3) is 5.91 Å². The minimum atomic E-state index is -0.191. The fraction of sp³-hybridized carbons (Fsp3) is 0.211. The molecule has 3 aromatic rings. The highest BCUT2D eigenvalue weighted by Crippen LogP contribution is 2.34. The summed E-state index contributed by atoms with van der Waals surface area (Å²) >= 11 is 4.76. The van der Waals surface area contributed by atoms with Crippen LogP contribution in [0, 0.1) is 27.7 Å². The van der Waals surface area contributed by atoms with Gasteiger partial charge in [-0.2, -0.15) is 0 Å². The van der Waals surface area contributed by atoms with Crippen LogP contribution in [-0.4, -0.2) is 16.1 Å². The molecule has 0 unspecified atom stereocenters. The molecule has 1 aromatic heterocycles. The van der Waals surface area contributed by atoms with E-state index in [0.717, 1.165) is 15.0 Å². The zero-order valence-electron chi connectivity index (χ0n) is 14.5. The highest BCUT2D eigenvalue weighted by atomic mass is 79.9. The van der Waals surface area contributed by atoms with Crippen molar-refractivity contribution in [2.75, 3.05) is 5.32 Å². The fourth-order valence-electron chi connectivity index (χ4n) is 2.68. The Balaban J connectivity index is 1.89. The molecule has 2 aromatic carbocycles. The lowest BCUT2D eigenvalue weighted by Crippen LogP contribution is -2.11. The summed E-state index contributed by atoms with van der Waals surface area (Å²) in [6.07, 6.45) is 0. The fourth-order valence-corrected chi connectivity index (χ4v) is 3.85. The van der Waals surface area contributed by atoms with Gasteiger partial charge in [-0.1, -0.05) is 33.3 Å². The summed E-state index contributed by atoms with van der Waals surface area (Å²) in [5.41, 5.74) is 6.55. The number of aromatic nitrogens is 2. The minimum Gasteiger partial charge on any atom is -0.296 e. The first-order chi connectivity index (χ1) is 11.9. The van der Waals surface area contributed by atoms with Crippen molar-refractivity contribution in [2.45, 2.75) is 27.7 Å². The molecule has 0 bridgehead atoms. The monoisotopic (exact) mass is 415 g/mol. The number of hydrogen-bond acceptors (Lipinski definition) is 4. The summed E-state index contributed by atoms with van der Waals surface area (Å²) in [5.74, 6) is -0.191. The maximum Gasteiger partial charge on any atom is 0.257 e. The highest BCUT2D eigenvalue weighted by molar-refractivity contribution is 9.10. The number of anilines is 1. The van der Waals surface area contributed by atoms with Crippen LogP contribution in [0.4, 0.5) is 5.13 Å².